The lowest BCUT2D eigenvalue weighted by Gasteiger charge is -2.12. The summed E-state index contributed by atoms with van der Waals surface area (Å²) in [4.78, 5) is 11.8. The van der Waals surface area contributed by atoms with Crippen molar-refractivity contribution in [3.63, 3.8) is 0 Å². The van der Waals surface area contributed by atoms with Gasteiger partial charge < -0.3 is 10.1 Å². The molecule has 0 aliphatic carbocycles. The molecule has 0 radical (unpaired) electrons. The predicted octanol–water partition coefficient (Wildman–Crippen LogP) is 3.73. The van der Waals surface area contributed by atoms with Gasteiger partial charge in [0.15, 0.2) is 11.7 Å². The van der Waals surface area contributed by atoms with Crippen LogP contribution < -0.4 is 20.9 Å². The lowest BCUT2D eigenvalue weighted by molar-refractivity contribution is -0.123. The maximum atomic E-state index is 11.8. The highest BCUT2D eigenvalue weighted by atomic mass is 32.1. The van der Waals surface area contributed by atoms with E-state index in [-0.39, 0.29) is 12.5 Å². The van der Waals surface area contributed by atoms with Gasteiger partial charge in [-0.05, 0) is 67.4 Å². The minimum atomic E-state index is -0.314. The molecule has 0 unspecified atom stereocenters. The molecule has 5 nitrogen and oxygen atoms in total. The number of anilines is 1. The van der Waals surface area contributed by atoms with E-state index in [4.69, 9.17) is 17.0 Å². The fourth-order valence-electron chi connectivity index (χ4n) is 2.31. The van der Waals surface area contributed by atoms with Crippen molar-refractivity contribution in [2.45, 2.75) is 33.1 Å². The van der Waals surface area contributed by atoms with Gasteiger partial charge in [-0.25, -0.2) is 0 Å². The van der Waals surface area contributed by atoms with E-state index < -0.39 is 0 Å². The Kier molecular flexibility index (Phi) is 7.89. The van der Waals surface area contributed by atoms with Gasteiger partial charge in [-0.1, -0.05) is 37.6 Å². The van der Waals surface area contributed by atoms with Crippen LogP contribution in [0, 0.1) is 6.92 Å². The van der Waals surface area contributed by atoms with Gasteiger partial charge in [0.25, 0.3) is 5.91 Å². The molecule has 0 aromatic heterocycles. The molecule has 0 saturated carbocycles. The van der Waals surface area contributed by atoms with Crippen LogP contribution in [0.3, 0.4) is 0 Å². The summed E-state index contributed by atoms with van der Waals surface area (Å²) < 4.78 is 5.43. The average Bonchev–Trinajstić information content (AvgIpc) is 2.64. The first-order valence-electron chi connectivity index (χ1n) is 8.71. The van der Waals surface area contributed by atoms with Crippen molar-refractivity contribution in [2.24, 2.45) is 0 Å². The number of hydrogen-bond acceptors (Lipinski definition) is 3. The van der Waals surface area contributed by atoms with Crippen molar-refractivity contribution < 1.29 is 9.53 Å². The van der Waals surface area contributed by atoms with Crippen molar-refractivity contribution in [1.29, 1.82) is 0 Å². The fraction of sp³-hybridized carbons (Fsp3) is 0.300. The molecule has 3 N–H and O–H groups in total. The van der Waals surface area contributed by atoms with E-state index in [1.165, 1.54) is 18.4 Å². The largest absolute Gasteiger partial charge is 0.484 e. The molecule has 0 fully saturated rings. The summed E-state index contributed by atoms with van der Waals surface area (Å²) in [5.74, 6) is 0.342. The molecule has 6 heteroatoms. The zero-order valence-corrected chi connectivity index (χ0v) is 16.0. The molecule has 0 aliphatic rings. The molecule has 0 atom stereocenters. The third kappa shape index (κ3) is 7.11. The van der Waals surface area contributed by atoms with E-state index in [1.54, 1.807) is 0 Å². The summed E-state index contributed by atoms with van der Waals surface area (Å²) in [6.45, 7) is 4.06. The third-order valence-corrected chi connectivity index (χ3v) is 3.91. The predicted molar refractivity (Wildman–Crippen MR) is 109 cm³/mol. The topological polar surface area (TPSA) is 62.4 Å². The van der Waals surface area contributed by atoms with Crippen LogP contribution in [0.25, 0.3) is 0 Å². The van der Waals surface area contributed by atoms with Gasteiger partial charge >= 0.3 is 0 Å². The van der Waals surface area contributed by atoms with Crippen LogP contribution in [0.5, 0.6) is 5.75 Å². The number of benzene rings is 2. The van der Waals surface area contributed by atoms with Crippen molar-refractivity contribution in [3.8, 4) is 5.75 Å². The first kappa shape index (κ1) is 19.7. The quantitative estimate of drug-likeness (QED) is 0.511. The van der Waals surface area contributed by atoms with Gasteiger partial charge in [0.05, 0.1) is 0 Å². The van der Waals surface area contributed by atoms with Crippen LogP contribution in [0.1, 0.15) is 30.9 Å². The Morgan fingerprint density at radius 3 is 2.58 bits per heavy atom. The number of aryl methyl sites for hydroxylation is 2. The number of thiocarbonyl (C=S) groups is 1. The zero-order chi connectivity index (χ0) is 18.8. The van der Waals surface area contributed by atoms with Gasteiger partial charge in [0.2, 0.25) is 0 Å². The monoisotopic (exact) mass is 371 g/mol. The number of unbranched alkanes of at least 4 members (excludes halogenated alkanes) is 1. The Morgan fingerprint density at radius 2 is 1.88 bits per heavy atom. The summed E-state index contributed by atoms with van der Waals surface area (Å²) in [5, 5.41) is 3.34. The molecule has 0 bridgehead atoms. The molecule has 2 rings (SSSR count). The number of hydrazine groups is 1. The Labute approximate surface area is 160 Å². The second kappa shape index (κ2) is 10.4. The normalized spacial score (nSPS) is 10.1. The van der Waals surface area contributed by atoms with Crippen LogP contribution in [-0.4, -0.2) is 17.6 Å². The van der Waals surface area contributed by atoms with Crippen LogP contribution in [0.4, 0.5) is 5.69 Å². The molecule has 1 amide bonds. The average molecular weight is 372 g/mol. The number of ether oxygens (including phenoxy) is 1. The highest BCUT2D eigenvalue weighted by Crippen LogP contribution is 2.12. The molecule has 0 spiro atoms. The highest BCUT2D eigenvalue weighted by molar-refractivity contribution is 7.80. The molecule has 2 aromatic rings. The number of nitrogens with one attached hydrogen (secondary N) is 3. The summed E-state index contributed by atoms with van der Waals surface area (Å²) in [7, 11) is 0. The fourth-order valence-corrected chi connectivity index (χ4v) is 2.48. The molecule has 0 heterocycles. The minimum absolute atomic E-state index is 0.0921. The minimum Gasteiger partial charge on any atom is -0.484 e. The first-order chi connectivity index (χ1) is 12.6. The number of hydrogen-bond donors (Lipinski definition) is 3. The van der Waals surface area contributed by atoms with E-state index in [9.17, 15) is 4.79 Å². The van der Waals surface area contributed by atoms with E-state index >= 15 is 0 Å². The zero-order valence-electron chi connectivity index (χ0n) is 15.2. The molecule has 0 aliphatic heterocycles. The lowest BCUT2D eigenvalue weighted by atomic mass is 10.1. The maximum absolute atomic E-state index is 11.8. The van der Waals surface area contributed by atoms with Crippen molar-refractivity contribution >= 4 is 28.9 Å². The summed E-state index contributed by atoms with van der Waals surface area (Å²) in [6, 6.07) is 15.6. The van der Waals surface area contributed by atoms with Gasteiger partial charge in [-0.15, -0.1) is 0 Å². The van der Waals surface area contributed by atoms with Crippen molar-refractivity contribution in [1.82, 2.24) is 10.9 Å². The Bertz CT molecular complexity index is 732. The lowest BCUT2D eigenvalue weighted by Crippen LogP contribution is -2.45. The number of amides is 1. The van der Waals surface area contributed by atoms with Crippen LogP contribution >= 0.6 is 12.2 Å². The Balaban J connectivity index is 1.69. The maximum Gasteiger partial charge on any atom is 0.276 e. The van der Waals surface area contributed by atoms with Gasteiger partial charge in [0, 0.05) is 5.69 Å². The van der Waals surface area contributed by atoms with Crippen LogP contribution in [-0.2, 0) is 11.2 Å². The summed E-state index contributed by atoms with van der Waals surface area (Å²) in [5.41, 5.74) is 8.43. The Morgan fingerprint density at radius 1 is 1.12 bits per heavy atom. The number of carbonyl (C=O) groups is 1. The van der Waals surface area contributed by atoms with Crippen molar-refractivity contribution in [3.05, 3.63) is 59.7 Å². The standard InChI is InChI=1S/C20H25N3O2S/c1-3-4-7-16-9-11-17(12-10-16)21-20(26)23-22-19(24)14-25-18-8-5-6-15(2)13-18/h5-6,8-13H,3-4,7,14H2,1-2H3,(H,22,24)(H2,21,23,26). The number of rotatable bonds is 7. The van der Waals surface area contributed by atoms with Gasteiger partial charge in [-0.3, -0.25) is 15.6 Å². The van der Waals surface area contributed by atoms with E-state index in [0.717, 1.165) is 17.7 Å². The van der Waals surface area contributed by atoms with E-state index in [2.05, 4.69) is 35.2 Å². The Hall–Kier alpha value is -2.60. The SMILES string of the molecule is CCCCc1ccc(NC(=S)NNC(=O)COc2cccc(C)c2)cc1. The number of carbonyl (C=O) groups excluding carboxylic acids is 1. The van der Waals surface area contributed by atoms with Crippen molar-refractivity contribution in [2.75, 3.05) is 11.9 Å². The molecule has 26 heavy (non-hydrogen) atoms. The molecular formula is C20H25N3O2S. The summed E-state index contributed by atoms with van der Waals surface area (Å²) >= 11 is 5.17. The smallest absolute Gasteiger partial charge is 0.276 e. The molecule has 2 aromatic carbocycles. The van der Waals surface area contributed by atoms with Gasteiger partial charge in [0.1, 0.15) is 5.75 Å². The molecule has 138 valence electrons. The first-order valence-corrected chi connectivity index (χ1v) is 9.12. The molecule has 0 saturated heterocycles. The highest BCUT2D eigenvalue weighted by Gasteiger charge is 2.04. The van der Waals surface area contributed by atoms with E-state index in [0.29, 0.717) is 10.9 Å². The summed E-state index contributed by atoms with van der Waals surface area (Å²) in [6.07, 6.45) is 3.45. The second-order valence-electron chi connectivity index (χ2n) is 6.03. The van der Waals surface area contributed by atoms with Crippen LogP contribution in [0.15, 0.2) is 48.5 Å². The third-order valence-electron chi connectivity index (χ3n) is 3.71. The van der Waals surface area contributed by atoms with E-state index in [1.807, 2.05) is 43.3 Å². The molecular weight excluding hydrogens is 346 g/mol. The second-order valence-corrected chi connectivity index (χ2v) is 6.44. The van der Waals surface area contributed by atoms with Gasteiger partial charge in [-0.2, -0.15) is 0 Å². The van der Waals surface area contributed by atoms with Crippen LogP contribution in [0.2, 0.25) is 0 Å².